The van der Waals surface area contributed by atoms with Crippen LogP contribution in [0.15, 0.2) is 46.3 Å². The molecule has 0 radical (unpaired) electrons. The fourth-order valence-electron chi connectivity index (χ4n) is 1.55. The molecule has 0 N–H and O–H groups in total. The van der Waals surface area contributed by atoms with Crippen LogP contribution in [0, 0.1) is 0 Å². The van der Waals surface area contributed by atoms with Crippen LogP contribution in [-0.4, -0.2) is 18.4 Å². The molecule has 2 aromatic rings. The average Bonchev–Trinajstić information content (AvgIpc) is 2.88. The molecule has 108 valence electrons. The fraction of sp³-hybridized carbons (Fsp3) is 0.0667. The molecule has 0 aliphatic carbocycles. The first-order valence-electron chi connectivity index (χ1n) is 5.94. The Labute approximate surface area is 133 Å². The van der Waals surface area contributed by atoms with E-state index >= 15 is 0 Å². The summed E-state index contributed by atoms with van der Waals surface area (Å²) in [7, 11) is 0. The molecule has 1 aromatic heterocycles. The van der Waals surface area contributed by atoms with E-state index in [0.29, 0.717) is 11.3 Å². The number of carbonyl (C=O) groups excluding carboxylic acids is 2. The topological polar surface area (TPSA) is 66.4 Å². The zero-order valence-electron chi connectivity index (χ0n) is 10.7. The summed E-state index contributed by atoms with van der Waals surface area (Å²) in [5, 5.41) is 12.3. The highest BCUT2D eigenvalue weighted by molar-refractivity contribution is 9.10. The summed E-state index contributed by atoms with van der Waals surface area (Å²) >= 11 is 4.86. The van der Waals surface area contributed by atoms with Crippen LogP contribution in [0.25, 0.3) is 6.08 Å². The number of carboxylic acid groups (broad SMARTS) is 1. The van der Waals surface area contributed by atoms with Gasteiger partial charge in [-0.15, -0.1) is 11.3 Å². The van der Waals surface area contributed by atoms with E-state index in [2.05, 4.69) is 15.9 Å². The number of aliphatic carboxylic acids is 1. The van der Waals surface area contributed by atoms with Crippen LogP contribution in [0.1, 0.15) is 15.2 Å². The number of thiophene rings is 1. The van der Waals surface area contributed by atoms with Gasteiger partial charge in [0.05, 0.1) is 5.97 Å². The van der Waals surface area contributed by atoms with Gasteiger partial charge in [-0.05, 0) is 46.3 Å². The van der Waals surface area contributed by atoms with E-state index in [4.69, 9.17) is 4.74 Å². The van der Waals surface area contributed by atoms with E-state index < -0.39 is 12.6 Å². The van der Waals surface area contributed by atoms with Crippen LogP contribution >= 0.6 is 27.3 Å². The lowest BCUT2D eigenvalue weighted by Crippen LogP contribution is -2.28. The Morgan fingerprint density at radius 1 is 1.33 bits per heavy atom. The fourth-order valence-corrected chi connectivity index (χ4v) is 2.89. The number of carbonyl (C=O) groups is 2. The number of halogens is 1. The smallest absolute Gasteiger partial charge is 0.186 e. The number of carboxylic acids is 1. The highest BCUT2D eigenvalue weighted by Crippen LogP contribution is 2.21. The van der Waals surface area contributed by atoms with Crippen molar-refractivity contribution in [2.45, 2.75) is 0 Å². The number of hydrogen-bond acceptors (Lipinski definition) is 5. The Kier molecular flexibility index (Phi) is 5.30. The molecule has 0 saturated carbocycles. The molecular weight excluding hydrogens is 356 g/mol. The maximum absolute atomic E-state index is 12.0. The molecule has 0 aliphatic heterocycles. The molecule has 1 heterocycles. The van der Waals surface area contributed by atoms with Gasteiger partial charge in [0.15, 0.2) is 5.78 Å². The molecule has 0 fully saturated rings. The Hall–Kier alpha value is -1.92. The minimum absolute atomic E-state index is 0.182. The van der Waals surface area contributed by atoms with Gasteiger partial charge in [0.2, 0.25) is 0 Å². The highest BCUT2D eigenvalue weighted by Gasteiger charge is 2.04. The van der Waals surface area contributed by atoms with Crippen molar-refractivity contribution in [2.24, 2.45) is 0 Å². The maximum atomic E-state index is 12.0. The van der Waals surface area contributed by atoms with Crippen molar-refractivity contribution in [3.63, 3.8) is 0 Å². The molecule has 0 spiro atoms. The summed E-state index contributed by atoms with van der Waals surface area (Å²) in [6.45, 7) is -0.545. The van der Waals surface area contributed by atoms with Crippen molar-refractivity contribution in [2.75, 3.05) is 6.61 Å². The van der Waals surface area contributed by atoms with Crippen LogP contribution in [0.3, 0.4) is 0 Å². The first-order valence-corrected chi connectivity index (χ1v) is 7.61. The summed E-state index contributed by atoms with van der Waals surface area (Å²) in [5.41, 5.74) is 0.428. The minimum atomic E-state index is -1.31. The van der Waals surface area contributed by atoms with Crippen molar-refractivity contribution >= 4 is 45.1 Å². The second-order valence-corrected chi connectivity index (χ2v) is 5.91. The standard InChI is InChI=1S/C15H11BrO4S/c16-11-7-13(21-9-11)4-5-14(17)10-2-1-3-12(6-10)20-8-15(18)19/h1-7,9H,8H2,(H,18,19)/p-1/b5-4+. The molecule has 21 heavy (non-hydrogen) atoms. The van der Waals surface area contributed by atoms with Gasteiger partial charge >= 0.3 is 0 Å². The molecule has 0 aliphatic rings. The molecule has 0 saturated heterocycles. The second kappa shape index (κ2) is 7.19. The quantitative estimate of drug-likeness (QED) is 0.582. The van der Waals surface area contributed by atoms with Crippen LogP contribution in [0.2, 0.25) is 0 Å². The van der Waals surface area contributed by atoms with E-state index in [9.17, 15) is 14.7 Å². The van der Waals surface area contributed by atoms with Gasteiger partial charge in [-0.25, -0.2) is 0 Å². The van der Waals surface area contributed by atoms with Gasteiger partial charge in [0, 0.05) is 20.3 Å². The molecular formula is C15H10BrO4S-. The van der Waals surface area contributed by atoms with Crippen molar-refractivity contribution in [1.82, 2.24) is 0 Å². The van der Waals surface area contributed by atoms with Gasteiger partial charge in [0.25, 0.3) is 0 Å². The zero-order valence-corrected chi connectivity index (χ0v) is 13.1. The number of rotatable bonds is 6. The Bertz CT molecular complexity index is 690. The van der Waals surface area contributed by atoms with E-state index in [1.807, 2.05) is 11.4 Å². The zero-order chi connectivity index (χ0) is 15.2. The lowest BCUT2D eigenvalue weighted by molar-refractivity contribution is -0.307. The minimum Gasteiger partial charge on any atom is -0.546 e. The summed E-state index contributed by atoms with van der Waals surface area (Å²) in [6, 6.07) is 8.27. The molecule has 6 heteroatoms. The lowest BCUT2D eigenvalue weighted by Gasteiger charge is -2.07. The Morgan fingerprint density at radius 3 is 2.81 bits per heavy atom. The molecule has 4 nitrogen and oxygen atoms in total. The van der Waals surface area contributed by atoms with Crippen LogP contribution < -0.4 is 9.84 Å². The number of ketones is 1. The molecule has 0 unspecified atom stereocenters. The molecule has 0 bridgehead atoms. The predicted octanol–water partition coefficient (Wildman–Crippen LogP) is 2.54. The van der Waals surface area contributed by atoms with E-state index in [-0.39, 0.29) is 5.78 Å². The predicted molar refractivity (Wildman–Crippen MR) is 82.3 cm³/mol. The van der Waals surface area contributed by atoms with Crippen molar-refractivity contribution in [3.8, 4) is 5.75 Å². The number of benzene rings is 1. The van der Waals surface area contributed by atoms with E-state index in [1.165, 1.54) is 23.5 Å². The van der Waals surface area contributed by atoms with Gasteiger partial charge < -0.3 is 14.6 Å². The highest BCUT2D eigenvalue weighted by atomic mass is 79.9. The summed E-state index contributed by atoms with van der Waals surface area (Å²) in [4.78, 5) is 23.3. The monoisotopic (exact) mass is 365 g/mol. The average molecular weight is 366 g/mol. The lowest BCUT2D eigenvalue weighted by atomic mass is 10.1. The van der Waals surface area contributed by atoms with Gasteiger partial charge in [-0.2, -0.15) is 0 Å². The Balaban J connectivity index is 2.06. The summed E-state index contributed by atoms with van der Waals surface area (Å²) in [5.74, 6) is -1.18. The number of hydrogen-bond donors (Lipinski definition) is 0. The molecule has 2 rings (SSSR count). The third-order valence-electron chi connectivity index (χ3n) is 2.46. The number of ether oxygens (including phenoxy) is 1. The molecule has 0 amide bonds. The second-order valence-electron chi connectivity index (χ2n) is 4.05. The first kappa shape index (κ1) is 15.5. The van der Waals surface area contributed by atoms with E-state index in [1.54, 1.807) is 24.3 Å². The summed E-state index contributed by atoms with van der Waals surface area (Å²) < 4.78 is 5.95. The first-order chi connectivity index (χ1) is 10.0. The van der Waals surface area contributed by atoms with Crippen molar-refractivity contribution in [3.05, 3.63) is 56.7 Å². The number of allylic oxidation sites excluding steroid dienone is 1. The van der Waals surface area contributed by atoms with Crippen LogP contribution in [0.4, 0.5) is 0 Å². The third-order valence-corrected chi connectivity index (χ3v) is 4.12. The van der Waals surface area contributed by atoms with E-state index in [0.717, 1.165) is 9.35 Å². The van der Waals surface area contributed by atoms with Crippen LogP contribution in [-0.2, 0) is 4.79 Å². The summed E-state index contributed by atoms with van der Waals surface area (Å²) in [6.07, 6.45) is 3.20. The largest absolute Gasteiger partial charge is 0.546 e. The van der Waals surface area contributed by atoms with Crippen molar-refractivity contribution < 1.29 is 19.4 Å². The third kappa shape index (κ3) is 4.84. The van der Waals surface area contributed by atoms with Gasteiger partial charge in [0.1, 0.15) is 12.4 Å². The maximum Gasteiger partial charge on any atom is 0.186 e. The molecule has 1 aromatic carbocycles. The van der Waals surface area contributed by atoms with Gasteiger partial charge in [-0.1, -0.05) is 12.1 Å². The normalized spacial score (nSPS) is 10.7. The SMILES string of the molecule is O=C([O-])COc1cccc(C(=O)/C=C/c2cc(Br)cs2)c1. The van der Waals surface area contributed by atoms with Crippen molar-refractivity contribution in [1.29, 1.82) is 0 Å². The van der Waals surface area contributed by atoms with Gasteiger partial charge in [-0.3, -0.25) is 4.79 Å². The van der Waals surface area contributed by atoms with Crippen LogP contribution in [0.5, 0.6) is 5.75 Å². The Morgan fingerprint density at radius 2 is 2.14 bits per heavy atom. The molecule has 0 atom stereocenters.